The molecule has 1 aliphatic carbocycles. The zero-order valence-corrected chi connectivity index (χ0v) is 9.55. The van der Waals surface area contributed by atoms with Gasteiger partial charge in [0.15, 0.2) is 0 Å². The smallest absolute Gasteiger partial charge is 0.00888 e. The molecular formula is C13H23N. The Morgan fingerprint density at radius 1 is 1.36 bits per heavy atom. The minimum absolute atomic E-state index is 0.863. The van der Waals surface area contributed by atoms with Gasteiger partial charge in [-0.1, -0.05) is 13.3 Å². The fraction of sp³-hybridized carbons (Fsp3) is 0.846. The van der Waals surface area contributed by atoms with Gasteiger partial charge in [-0.25, -0.2) is 0 Å². The average Bonchev–Trinajstić information content (AvgIpc) is 2.18. The fourth-order valence-corrected chi connectivity index (χ4v) is 2.71. The van der Waals surface area contributed by atoms with Gasteiger partial charge < -0.3 is 5.32 Å². The molecule has 0 spiro atoms. The van der Waals surface area contributed by atoms with Crippen molar-refractivity contribution in [3.05, 3.63) is 0 Å². The van der Waals surface area contributed by atoms with Gasteiger partial charge >= 0.3 is 0 Å². The summed E-state index contributed by atoms with van der Waals surface area (Å²) in [6, 6.07) is 0. The van der Waals surface area contributed by atoms with Crippen LogP contribution in [0.5, 0.6) is 0 Å². The Morgan fingerprint density at radius 3 is 2.79 bits per heavy atom. The lowest BCUT2D eigenvalue weighted by molar-refractivity contribution is 0.178. The Hall–Kier alpha value is -0.480. The van der Waals surface area contributed by atoms with Crippen molar-refractivity contribution in [2.24, 2.45) is 17.8 Å². The van der Waals surface area contributed by atoms with Gasteiger partial charge in [-0.3, -0.25) is 0 Å². The van der Waals surface area contributed by atoms with Crippen LogP contribution in [-0.4, -0.2) is 13.6 Å². The van der Waals surface area contributed by atoms with Gasteiger partial charge in [0, 0.05) is 6.42 Å². The van der Waals surface area contributed by atoms with E-state index in [2.05, 4.69) is 25.2 Å². The van der Waals surface area contributed by atoms with E-state index < -0.39 is 0 Å². The molecule has 1 fully saturated rings. The predicted molar refractivity (Wildman–Crippen MR) is 62.0 cm³/mol. The monoisotopic (exact) mass is 193 g/mol. The molecule has 0 radical (unpaired) electrons. The molecule has 0 amide bonds. The summed E-state index contributed by atoms with van der Waals surface area (Å²) < 4.78 is 0. The second-order valence-corrected chi connectivity index (χ2v) is 4.74. The summed E-state index contributed by atoms with van der Waals surface area (Å²) >= 11 is 0. The zero-order valence-electron chi connectivity index (χ0n) is 9.55. The van der Waals surface area contributed by atoms with Gasteiger partial charge in [0.1, 0.15) is 0 Å². The maximum absolute atomic E-state index is 5.33. The molecule has 1 saturated carbocycles. The topological polar surface area (TPSA) is 12.0 Å². The molecule has 80 valence electrons. The third kappa shape index (κ3) is 3.35. The summed E-state index contributed by atoms with van der Waals surface area (Å²) in [5.41, 5.74) is 0. The summed E-state index contributed by atoms with van der Waals surface area (Å²) in [7, 11) is 2.05. The normalized spacial score (nSPS) is 32.5. The van der Waals surface area contributed by atoms with Crippen LogP contribution in [0.15, 0.2) is 0 Å². The third-order valence-electron chi connectivity index (χ3n) is 3.53. The fourth-order valence-electron chi connectivity index (χ4n) is 2.71. The first-order chi connectivity index (χ1) is 6.77. The van der Waals surface area contributed by atoms with E-state index >= 15 is 0 Å². The minimum atomic E-state index is 0.863. The van der Waals surface area contributed by atoms with Crippen LogP contribution in [0, 0.1) is 30.1 Å². The van der Waals surface area contributed by atoms with Gasteiger partial charge in [-0.2, -0.15) is 0 Å². The van der Waals surface area contributed by atoms with Gasteiger partial charge in [0.25, 0.3) is 0 Å². The summed E-state index contributed by atoms with van der Waals surface area (Å²) in [5.74, 6) is 5.41. The van der Waals surface area contributed by atoms with Crippen molar-refractivity contribution in [3.8, 4) is 12.3 Å². The van der Waals surface area contributed by atoms with Crippen molar-refractivity contribution in [2.45, 2.75) is 39.0 Å². The molecule has 1 aliphatic rings. The Balaban J connectivity index is 2.42. The van der Waals surface area contributed by atoms with Crippen LogP contribution in [0.1, 0.15) is 39.0 Å². The van der Waals surface area contributed by atoms with Gasteiger partial charge in [-0.05, 0) is 50.6 Å². The van der Waals surface area contributed by atoms with Crippen LogP contribution in [0.25, 0.3) is 0 Å². The van der Waals surface area contributed by atoms with Crippen molar-refractivity contribution in [3.63, 3.8) is 0 Å². The van der Waals surface area contributed by atoms with Crippen molar-refractivity contribution in [2.75, 3.05) is 13.6 Å². The molecule has 0 aromatic carbocycles. The second kappa shape index (κ2) is 6.09. The van der Waals surface area contributed by atoms with Crippen LogP contribution in [0.4, 0.5) is 0 Å². The number of nitrogens with one attached hydrogen (secondary N) is 1. The van der Waals surface area contributed by atoms with Crippen LogP contribution in [-0.2, 0) is 0 Å². The lowest BCUT2D eigenvalue weighted by Crippen LogP contribution is -2.31. The highest BCUT2D eigenvalue weighted by molar-refractivity contribution is 4.87. The van der Waals surface area contributed by atoms with E-state index in [1.54, 1.807) is 0 Å². The van der Waals surface area contributed by atoms with Crippen LogP contribution in [0.2, 0.25) is 0 Å². The Kier molecular flexibility index (Phi) is 5.04. The SMILES string of the molecule is C#CCCC1CC(C)CCC1CNC. The minimum Gasteiger partial charge on any atom is -0.319 e. The molecular weight excluding hydrogens is 170 g/mol. The van der Waals surface area contributed by atoms with Crippen molar-refractivity contribution >= 4 is 0 Å². The maximum atomic E-state index is 5.33. The van der Waals surface area contributed by atoms with Crippen molar-refractivity contribution < 1.29 is 0 Å². The highest BCUT2D eigenvalue weighted by Crippen LogP contribution is 2.35. The first kappa shape index (κ1) is 11.6. The molecule has 0 aliphatic heterocycles. The van der Waals surface area contributed by atoms with Crippen LogP contribution in [0.3, 0.4) is 0 Å². The Morgan fingerprint density at radius 2 is 2.14 bits per heavy atom. The van der Waals surface area contributed by atoms with Crippen LogP contribution >= 0.6 is 0 Å². The van der Waals surface area contributed by atoms with E-state index in [1.807, 2.05) is 0 Å². The highest BCUT2D eigenvalue weighted by atomic mass is 14.8. The molecule has 0 aromatic heterocycles. The molecule has 1 rings (SSSR count). The largest absolute Gasteiger partial charge is 0.319 e. The maximum Gasteiger partial charge on any atom is 0.00888 e. The van der Waals surface area contributed by atoms with Gasteiger partial charge in [0.2, 0.25) is 0 Å². The number of hydrogen-bond acceptors (Lipinski definition) is 1. The number of rotatable bonds is 4. The molecule has 3 atom stereocenters. The van der Waals surface area contributed by atoms with Crippen molar-refractivity contribution in [1.82, 2.24) is 5.32 Å². The zero-order chi connectivity index (χ0) is 10.4. The Bertz CT molecular complexity index is 192. The summed E-state index contributed by atoms with van der Waals surface area (Å²) in [4.78, 5) is 0. The molecule has 1 heteroatoms. The van der Waals surface area contributed by atoms with E-state index in [0.29, 0.717) is 0 Å². The second-order valence-electron chi connectivity index (χ2n) is 4.74. The molecule has 0 saturated heterocycles. The number of terminal acetylenes is 1. The van der Waals surface area contributed by atoms with Crippen LogP contribution < -0.4 is 5.32 Å². The van der Waals surface area contributed by atoms with E-state index in [4.69, 9.17) is 6.42 Å². The molecule has 1 N–H and O–H groups in total. The third-order valence-corrected chi connectivity index (χ3v) is 3.53. The summed E-state index contributed by atoms with van der Waals surface area (Å²) in [6.45, 7) is 3.54. The van der Waals surface area contributed by atoms with E-state index in [-0.39, 0.29) is 0 Å². The molecule has 14 heavy (non-hydrogen) atoms. The summed E-state index contributed by atoms with van der Waals surface area (Å²) in [6.07, 6.45) is 11.7. The first-order valence-electron chi connectivity index (χ1n) is 5.86. The summed E-state index contributed by atoms with van der Waals surface area (Å²) in [5, 5.41) is 3.31. The quantitative estimate of drug-likeness (QED) is 0.677. The standard InChI is InChI=1S/C13H23N/c1-4-5-6-12-9-11(2)7-8-13(12)10-14-3/h1,11-14H,5-10H2,2-3H3. The molecule has 3 unspecified atom stereocenters. The molecule has 0 aromatic rings. The molecule has 1 nitrogen and oxygen atoms in total. The lowest BCUT2D eigenvalue weighted by Gasteiger charge is -2.34. The van der Waals surface area contributed by atoms with E-state index in [1.165, 1.54) is 32.2 Å². The van der Waals surface area contributed by atoms with E-state index in [0.717, 1.165) is 24.2 Å². The van der Waals surface area contributed by atoms with Crippen molar-refractivity contribution in [1.29, 1.82) is 0 Å². The average molecular weight is 193 g/mol. The number of hydrogen-bond donors (Lipinski definition) is 1. The van der Waals surface area contributed by atoms with Gasteiger partial charge in [-0.15, -0.1) is 12.3 Å². The highest BCUT2D eigenvalue weighted by Gasteiger charge is 2.27. The molecule has 0 bridgehead atoms. The predicted octanol–water partition coefficient (Wildman–Crippen LogP) is 2.67. The van der Waals surface area contributed by atoms with E-state index in [9.17, 15) is 0 Å². The van der Waals surface area contributed by atoms with Gasteiger partial charge in [0.05, 0.1) is 0 Å². The first-order valence-corrected chi connectivity index (χ1v) is 5.86. The Labute approximate surface area is 88.7 Å². The lowest BCUT2D eigenvalue weighted by atomic mass is 9.73. The molecule has 0 heterocycles.